The van der Waals surface area contributed by atoms with E-state index in [1.54, 1.807) is 16.7 Å². The van der Waals surface area contributed by atoms with Crippen molar-refractivity contribution in [1.29, 1.82) is 0 Å². The van der Waals surface area contributed by atoms with Crippen LogP contribution < -0.4 is 22.1 Å². The molecule has 0 radical (unpaired) electrons. The summed E-state index contributed by atoms with van der Waals surface area (Å²) in [4.78, 5) is 71.7. The van der Waals surface area contributed by atoms with Gasteiger partial charge in [0.05, 0.1) is 36.7 Å². The number of aliphatic hydroxyl groups excluding tert-OH is 1. The molecule has 0 aliphatic carbocycles. The number of amides is 4. The summed E-state index contributed by atoms with van der Waals surface area (Å²) in [6, 6.07) is 16.0. The number of piperidine rings is 1. The molecule has 2 bridgehead atoms. The van der Waals surface area contributed by atoms with E-state index in [9.17, 15) is 29.1 Å². The molecular formula is C40H58N6O6. The van der Waals surface area contributed by atoms with E-state index in [0.717, 1.165) is 17.5 Å². The van der Waals surface area contributed by atoms with Crippen LogP contribution in [0.4, 0.5) is 0 Å². The summed E-state index contributed by atoms with van der Waals surface area (Å²) in [5.41, 5.74) is 13.8. The van der Waals surface area contributed by atoms with Crippen molar-refractivity contribution in [3.8, 4) is 0 Å². The highest BCUT2D eigenvalue weighted by atomic mass is 16.3. The number of piperazine rings is 1. The van der Waals surface area contributed by atoms with Crippen molar-refractivity contribution in [3.63, 3.8) is 0 Å². The van der Waals surface area contributed by atoms with Gasteiger partial charge in [0.15, 0.2) is 5.78 Å². The lowest BCUT2D eigenvalue weighted by Crippen LogP contribution is -2.73. The highest BCUT2D eigenvalue weighted by Crippen LogP contribution is 2.34. The number of hydrogen-bond donors (Lipinski definition) is 5. The first-order valence-electron chi connectivity index (χ1n) is 18.8. The van der Waals surface area contributed by atoms with E-state index >= 15 is 0 Å². The average Bonchev–Trinajstić information content (AvgIpc) is 3.13. The first-order chi connectivity index (χ1) is 24.9. The number of nitrogens with zero attached hydrogens (tertiary/aromatic N) is 2. The number of carbonyl (C=O) groups excluding carboxylic acids is 5. The molecule has 7 unspecified atom stereocenters. The Morgan fingerprint density at radius 2 is 1.38 bits per heavy atom. The van der Waals surface area contributed by atoms with Gasteiger partial charge >= 0.3 is 0 Å². The summed E-state index contributed by atoms with van der Waals surface area (Å²) < 4.78 is 0. The molecule has 284 valence electrons. The largest absolute Gasteiger partial charge is 0.396 e. The van der Waals surface area contributed by atoms with Gasteiger partial charge in [-0.1, -0.05) is 81.4 Å². The maximum atomic E-state index is 14.1. The fourth-order valence-corrected chi connectivity index (χ4v) is 7.33. The van der Waals surface area contributed by atoms with Crippen molar-refractivity contribution in [2.45, 2.75) is 102 Å². The van der Waals surface area contributed by atoms with Gasteiger partial charge in [0.2, 0.25) is 23.6 Å². The number of rotatable bonds is 20. The van der Waals surface area contributed by atoms with Crippen LogP contribution in [0.1, 0.15) is 70.4 Å². The van der Waals surface area contributed by atoms with Gasteiger partial charge in [0.25, 0.3) is 0 Å². The number of aliphatic hydroxyl groups is 1. The molecule has 52 heavy (non-hydrogen) atoms. The lowest BCUT2D eigenvalue weighted by molar-refractivity contribution is -0.165. The summed E-state index contributed by atoms with van der Waals surface area (Å²) in [5, 5.41) is 15.4. The Bertz CT molecular complexity index is 1480. The van der Waals surface area contributed by atoms with Crippen LogP contribution in [0.25, 0.3) is 0 Å². The fourth-order valence-electron chi connectivity index (χ4n) is 7.33. The van der Waals surface area contributed by atoms with Gasteiger partial charge in [0, 0.05) is 25.4 Å². The Balaban J connectivity index is 1.47. The number of fused-ring (bicyclic) bond motifs is 2. The monoisotopic (exact) mass is 718 g/mol. The molecule has 4 amide bonds. The Hall–Kier alpha value is -4.13. The maximum Gasteiger partial charge on any atom is 0.245 e. The number of nitrogens with two attached hydrogens (primary N) is 2. The molecule has 12 heteroatoms. The van der Waals surface area contributed by atoms with E-state index in [2.05, 4.69) is 10.6 Å². The summed E-state index contributed by atoms with van der Waals surface area (Å²) in [5.74, 6) is -2.57. The number of hydrogen-bond acceptors (Lipinski definition) is 8. The molecule has 0 aromatic heterocycles. The van der Waals surface area contributed by atoms with Gasteiger partial charge in [-0.15, -0.1) is 0 Å². The number of ketones is 1. The highest BCUT2D eigenvalue weighted by Gasteiger charge is 2.50. The minimum atomic E-state index is -0.902. The fraction of sp³-hybridized carbons (Fsp3) is 0.575. The third kappa shape index (κ3) is 11.2. The predicted molar refractivity (Wildman–Crippen MR) is 199 cm³/mol. The first-order valence-corrected chi connectivity index (χ1v) is 18.8. The smallest absolute Gasteiger partial charge is 0.245 e. The summed E-state index contributed by atoms with van der Waals surface area (Å²) >= 11 is 0. The van der Waals surface area contributed by atoms with Crippen molar-refractivity contribution >= 4 is 29.4 Å². The maximum absolute atomic E-state index is 14.1. The Morgan fingerprint density at radius 1 is 0.808 bits per heavy atom. The third-order valence-corrected chi connectivity index (χ3v) is 10.2. The van der Waals surface area contributed by atoms with E-state index < -0.39 is 35.9 Å². The summed E-state index contributed by atoms with van der Waals surface area (Å²) in [6.07, 6.45) is 3.35. The number of unbranched alkanes of at least 4 members (excludes halogenated alkanes) is 1. The second-order valence-corrected chi connectivity index (χ2v) is 15.0. The Kier molecular flexibility index (Phi) is 15.3. The Morgan fingerprint density at radius 3 is 1.94 bits per heavy atom. The molecule has 7 N–H and O–H groups in total. The van der Waals surface area contributed by atoms with Gasteiger partial charge in [-0.3, -0.25) is 24.0 Å². The van der Waals surface area contributed by atoms with Gasteiger partial charge in [0.1, 0.15) is 6.04 Å². The lowest BCUT2D eigenvalue weighted by atomic mass is 9.85. The molecule has 7 atom stereocenters. The van der Waals surface area contributed by atoms with E-state index in [1.807, 2.05) is 74.5 Å². The minimum absolute atomic E-state index is 0.0796. The molecule has 2 saturated heterocycles. The van der Waals surface area contributed by atoms with Crippen LogP contribution in [-0.4, -0.2) is 101 Å². The molecule has 2 heterocycles. The van der Waals surface area contributed by atoms with Crippen molar-refractivity contribution in [2.24, 2.45) is 29.2 Å². The van der Waals surface area contributed by atoms with Gasteiger partial charge in [-0.05, 0) is 68.5 Å². The van der Waals surface area contributed by atoms with Crippen LogP contribution in [0.2, 0.25) is 0 Å². The molecule has 2 aliphatic heterocycles. The zero-order valence-corrected chi connectivity index (χ0v) is 30.9. The third-order valence-electron chi connectivity index (χ3n) is 10.2. The first kappa shape index (κ1) is 40.6. The van der Waals surface area contributed by atoms with Crippen molar-refractivity contribution in [3.05, 3.63) is 71.8 Å². The molecular weight excluding hydrogens is 660 g/mol. The minimum Gasteiger partial charge on any atom is -0.396 e. The van der Waals surface area contributed by atoms with Crippen LogP contribution >= 0.6 is 0 Å². The van der Waals surface area contributed by atoms with E-state index in [0.29, 0.717) is 51.7 Å². The van der Waals surface area contributed by atoms with Crippen molar-refractivity contribution in [1.82, 2.24) is 20.4 Å². The molecule has 12 nitrogen and oxygen atoms in total. The standard InChI is InChI=1S/C40H58N6O6/c1-26(2)18-30(21-36(48)35(20-29-14-8-5-9-15-29)44-38(50)33(42)19-28-12-6-4-7-13-28)37(49)43-34(16-10-11-17-41)40(52)46-31-22-32(46)24-45(23-31)39(51)27(3)25-47/h4-9,12-15,26-27,30-35,47H,10-11,16-25,41-42H2,1-3H3,(H,43,49)(H,44,50). The number of benzene rings is 2. The zero-order valence-electron chi connectivity index (χ0n) is 30.9. The quantitative estimate of drug-likeness (QED) is 0.129. The number of carbonyl (C=O) groups is 5. The highest BCUT2D eigenvalue weighted by molar-refractivity contribution is 5.95. The van der Waals surface area contributed by atoms with Gasteiger partial charge in [-0.2, -0.15) is 0 Å². The van der Waals surface area contributed by atoms with E-state index in [-0.39, 0.29) is 61.0 Å². The van der Waals surface area contributed by atoms with Crippen molar-refractivity contribution < 1.29 is 29.1 Å². The number of nitrogens with one attached hydrogen (secondary N) is 2. The number of Topliss-reactive ketones (excluding diaryl/α,β-unsaturated/α-hetero) is 1. The van der Waals surface area contributed by atoms with Gasteiger partial charge < -0.3 is 37.0 Å². The Labute approximate surface area is 308 Å². The second-order valence-electron chi connectivity index (χ2n) is 15.0. The summed E-state index contributed by atoms with van der Waals surface area (Å²) in [7, 11) is 0. The van der Waals surface area contributed by atoms with Crippen LogP contribution in [0.15, 0.2) is 60.7 Å². The predicted octanol–water partition coefficient (Wildman–Crippen LogP) is 1.96. The van der Waals surface area contributed by atoms with Crippen LogP contribution in [0.5, 0.6) is 0 Å². The van der Waals surface area contributed by atoms with E-state index in [1.165, 1.54) is 0 Å². The molecule has 2 aromatic carbocycles. The molecule has 4 rings (SSSR count). The topological polar surface area (TPSA) is 188 Å². The molecule has 2 aliphatic rings. The lowest BCUT2D eigenvalue weighted by Gasteiger charge is -2.57. The summed E-state index contributed by atoms with van der Waals surface area (Å²) in [6.45, 7) is 6.65. The second kappa shape index (κ2) is 19.6. The zero-order chi connectivity index (χ0) is 37.8. The molecule has 2 fully saturated rings. The average molecular weight is 719 g/mol. The molecule has 2 aromatic rings. The molecule has 0 spiro atoms. The molecule has 0 saturated carbocycles. The normalized spacial score (nSPS) is 19.5. The van der Waals surface area contributed by atoms with E-state index in [4.69, 9.17) is 11.5 Å². The SMILES string of the molecule is CC(C)CC(CC(=O)C(Cc1ccccc1)NC(=O)C(N)Cc1ccccc1)C(=O)NC(CCCCN)C(=O)N1C2CC1CN(C(=O)C(C)CO)C2. The number of likely N-dealkylation sites (tertiary alicyclic amines) is 2. The van der Waals surface area contributed by atoms with Crippen LogP contribution in [0.3, 0.4) is 0 Å². The van der Waals surface area contributed by atoms with Crippen molar-refractivity contribution in [2.75, 3.05) is 26.2 Å². The van der Waals surface area contributed by atoms with Crippen LogP contribution in [-0.2, 0) is 36.8 Å². The van der Waals surface area contributed by atoms with Gasteiger partial charge in [-0.25, -0.2) is 0 Å². The van der Waals surface area contributed by atoms with Crippen LogP contribution in [0, 0.1) is 17.8 Å².